The molecule has 2 rings (SSSR count). The number of carbonyl (C=O) groups is 1. The van der Waals surface area contributed by atoms with Crippen LogP contribution in [-0.4, -0.2) is 22.1 Å². The summed E-state index contributed by atoms with van der Waals surface area (Å²) in [6.07, 6.45) is 0.852. The van der Waals surface area contributed by atoms with E-state index in [0.717, 1.165) is 17.8 Å². The predicted octanol–water partition coefficient (Wildman–Crippen LogP) is 2.45. The first kappa shape index (κ1) is 12.8. The number of amides is 1. The molecule has 2 heterocycles. The van der Waals surface area contributed by atoms with Gasteiger partial charge in [0.15, 0.2) is 0 Å². The summed E-state index contributed by atoms with van der Waals surface area (Å²) in [4.78, 5) is 12.1. The van der Waals surface area contributed by atoms with Crippen molar-refractivity contribution in [1.29, 1.82) is 0 Å². The van der Waals surface area contributed by atoms with E-state index in [1.165, 1.54) is 5.56 Å². The maximum Gasteiger partial charge on any atom is 0.255 e. The molecule has 0 aliphatic rings. The lowest BCUT2D eigenvalue weighted by Gasteiger charge is -2.13. The standard InChI is InChI=1S/C13H17N3OS/c1-8(6-11-4-5-18-7-11)14-13(17)12-9(2)15-16-10(12)3/h4-5,7-8H,6H2,1-3H3,(H,14,17)(H,15,16). The van der Waals surface area contributed by atoms with E-state index >= 15 is 0 Å². The van der Waals surface area contributed by atoms with E-state index in [9.17, 15) is 4.79 Å². The smallest absolute Gasteiger partial charge is 0.255 e. The Labute approximate surface area is 110 Å². The number of rotatable bonds is 4. The molecule has 0 aliphatic carbocycles. The van der Waals surface area contributed by atoms with Gasteiger partial charge in [0.05, 0.1) is 11.3 Å². The molecular weight excluding hydrogens is 246 g/mol. The van der Waals surface area contributed by atoms with Gasteiger partial charge in [-0.3, -0.25) is 9.89 Å². The van der Waals surface area contributed by atoms with E-state index < -0.39 is 0 Å². The zero-order valence-electron chi connectivity index (χ0n) is 10.8. The number of nitrogens with one attached hydrogen (secondary N) is 2. The number of hydrogen-bond donors (Lipinski definition) is 2. The molecule has 0 aliphatic heterocycles. The minimum atomic E-state index is -0.0542. The first-order chi connectivity index (χ1) is 8.58. The molecule has 96 valence electrons. The van der Waals surface area contributed by atoms with Crippen molar-refractivity contribution in [3.05, 3.63) is 39.3 Å². The summed E-state index contributed by atoms with van der Waals surface area (Å²) in [6.45, 7) is 5.71. The van der Waals surface area contributed by atoms with Crippen LogP contribution in [0.15, 0.2) is 16.8 Å². The first-order valence-corrected chi connectivity index (χ1v) is 6.85. The highest BCUT2D eigenvalue weighted by Gasteiger charge is 2.17. The van der Waals surface area contributed by atoms with Gasteiger partial charge in [-0.15, -0.1) is 0 Å². The van der Waals surface area contributed by atoms with Gasteiger partial charge in [0, 0.05) is 11.7 Å². The van der Waals surface area contributed by atoms with E-state index in [4.69, 9.17) is 0 Å². The minimum absolute atomic E-state index is 0.0542. The number of carbonyl (C=O) groups excluding carboxylic acids is 1. The molecule has 18 heavy (non-hydrogen) atoms. The second-order valence-electron chi connectivity index (χ2n) is 4.52. The normalized spacial score (nSPS) is 12.4. The Balaban J connectivity index is 1.99. The Morgan fingerprint density at radius 1 is 1.56 bits per heavy atom. The number of aryl methyl sites for hydroxylation is 2. The molecule has 0 radical (unpaired) electrons. The first-order valence-electron chi connectivity index (χ1n) is 5.91. The zero-order valence-corrected chi connectivity index (χ0v) is 11.6. The topological polar surface area (TPSA) is 57.8 Å². The van der Waals surface area contributed by atoms with Crippen molar-refractivity contribution < 1.29 is 4.79 Å². The Bertz CT molecular complexity index is 511. The Kier molecular flexibility index (Phi) is 3.81. The van der Waals surface area contributed by atoms with Crippen LogP contribution in [0.4, 0.5) is 0 Å². The van der Waals surface area contributed by atoms with Crippen LogP contribution in [0.1, 0.15) is 34.2 Å². The number of hydrogen-bond acceptors (Lipinski definition) is 3. The SMILES string of the molecule is Cc1n[nH]c(C)c1C(=O)NC(C)Cc1ccsc1. The summed E-state index contributed by atoms with van der Waals surface area (Å²) >= 11 is 1.68. The van der Waals surface area contributed by atoms with Gasteiger partial charge in [0.1, 0.15) is 0 Å². The second-order valence-corrected chi connectivity index (χ2v) is 5.30. The summed E-state index contributed by atoms with van der Waals surface area (Å²) in [5.41, 5.74) is 3.47. The molecule has 0 fully saturated rings. The molecule has 2 aromatic heterocycles. The Morgan fingerprint density at radius 3 is 2.89 bits per heavy atom. The number of aromatic amines is 1. The monoisotopic (exact) mass is 263 g/mol. The van der Waals surface area contributed by atoms with Crippen LogP contribution in [-0.2, 0) is 6.42 Å². The van der Waals surface area contributed by atoms with Gasteiger partial charge in [0.2, 0.25) is 0 Å². The third-order valence-electron chi connectivity index (χ3n) is 2.85. The van der Waals surface area contributed by atoms with Crippen molar-refractivity contribution in [3.63, 3.8) is 0 Å². The van der Waals surface area contributed by atoms with Crippen molar-refractivity contribution >= 4 is 17.2 Å². The molecule has 0 bridgehead atoms. The van der Waals surface area contributed by atoms with Crippen molar-refractivity contribution in [2.75, 3.05) is 0 Å². The van der Waals surface area contributed by atoms with Gasteiger partial charge in [-0.05, 0) is 49.6 Å². The lowest BCUT2D eigenvalue weighted by Crippen LogP contribution is -2.34. The van der Waals surface area contributed by atoms with Crippen LogP contribution in [0.3, 0.4) is 0 Å². The quantitative estimate of drug-likeness (QED) is 0.890. The molecule has 5 heteroatoms. The van der Waals surface area contributed by atoms with Crippen molar-refractivity contribution in [3.8, 4) is 0 Å². The van der Waals surface area contributed by atoms with Crippen molar-refractivity contribution in [1.82, 2.24) is 15.5 Å². The molecule has 4 nitrogen and oxygen atoms in total. The number of H-pyrrole nitrogens is 1. The molecule has 0 saturated heterocycles. The van der Waals surface area contributed by atoms with E-state index in [1.54, 1.807) is 11.3 Å². The molecule has 0 spiro atoms. The van der Waals surface area contributed by atoms with Crippen LogP contribution in [0.2, 0.25) is 0 Å². The largest absolute Gasteiger partial charge is 0.349 e. The van der Waals surface area contributed by atoms with Gasteiger partial charge in [0.25, 0.3) is 5.91 Å². The molecular formula is C13H17N3OS. The van der Waals surface area contributed by atoms with Crippen LogP contribution in [0.25, 0.3) is 0 Å². The predicted molar refractivity (Wildman–Crippen MR) is 73.0 cm³/mol. The van der Waals surface area contributed by atoms with Crippen LogP contribution >= 0.6 is 11.3 Å². The lowest BCUT2D eigenvalue weighted by atomic mass is 10.1. The maximum atomic E-state index is 12.1. The fourth-order valence-electron chi connectivity index (χ4n) is 1.99. The number of thiophene rings is 1. The zero-order chi connectivity index (χ0) is 13.1. The van der Waals surface area contributed by atoms with Crippen molar-refractivity contribution in [2.45, 2.75) is 33.2 Å². The highest BCUT2D eigenvalue weighted by molar-refractivity contribution is 7.07. The summed E-state index contributed by atoms with van der Waals surface area (Å²) in [6, 6.07) is 2.20. The molecule has 2 N–H and O–H groups in total. The van der Waals surface area contributed by atoms with E-state index in [-0.39, 0.29) is 11.9 Å². The van der Waals surface area contributed by atoms with Crippen molar-refractivity contribution in [2.24, 2.45) is 0 Å². The lowest BCUT2D eigenvalue weighted by molar-refractivity contribution is 0.0939. The summed E-state index contributed by atoms with van der Waals surface area (Å²) < 4.78 is 0. The van der Waals surface area contributed by atoms with Gasteiger partial charge in [-0.25, -0.2) is 0 Å². The average molecular weight is 263 g/mol. The number of aromatic nitrogens is 2. The summed E-state index contributed by atoms with van der Waals surface area (Å²) in [5.74, 6) is -0.0542. The van der Waals surface area contributed by atoms with Crippen LogP contribution in [0, 0.1) is 13.8 Å². The molecule has 1 amide bonds. The average Bonchev–Trinajstić information content (AvgIpc) is 2.89. The maximum absolute atomic E-state index is 12.1. The third kappa shape index (κ3) is 2.79. The molecule has 1 atom stereocenters. The van der Waals surface area contributed by atoms with Gasteiger partial charge < -0.3 is 5.32 Å². The van der Waals surface area contributed by atoms with Crippen LogP contribution < -0.4 is 5.32 Å². The fraction of sp³-hybridized carbons (Fsp3) is 0.385. The van der Waals surface area contributed by atoms with Gasteiger partial charge in [-0.2, -0.15) is 16.4 Å². The molecule has 0 saturated carbocycles. The van der Waals surface area contributed by atoms with Gasteiger partial charge >= 0.3 is 0 Å². The van der Waals surface area contributed by atoms with E-state index in [2.05, 4.69) is 27.0 Å². The summed E-state index contributed by atoms with van der Waals surface area (Å²) in [7, 11) is 0. The minimum Gasteiger partial charge on any atom is -0.349 e. The van der Waals surface area contributed by atoms with Crippen LogP contribution in [0.5, 0.6) is 0 Å². The number of nitrogens with zero attached hydrogens (tertiary/aromatic N) is 1. The Hall–Kier alpha value is -1.62. The molecule has 2 aromatic rings. The highest BCUT2D eigenvalue weighted by atomic mass is 32.1. The Morgan fingerprint density at radius 2 is 2.33 bits per heavy atom. The molecule has 0 aromatic carbocycles. The van der Waals surface area contributed by atoms with Gasteiger partial charge in [-0.1, -0.05) is 0 Å². The fourth-order valence-corrected chi connectivity index (χ4v) is 2.68. The van der Waals surface area contributed by atoms with E-state index in [0.29, 0.717) is 5.56 Å². The summed E-state index contributed by atoms with van der Waals surface area (Å²) in [5, 5.41) is 14.0. The third-order valence-corrected chi connectivity index (χ3v) is 3.59. The highest BCUT2D eigenvalue weighted by Crippen LogP contribution is 2.11. The second kappa shape index (κ2) is 5.35. The molecule has 1 unspecified atom stereocenters. The van der Waals surface area contributed by atoms with E-state index in [1.807, 2.05) is 26.2 Å².